The Balaban J connectivity index is 1.47. The van der Waals surface area contributed by atoms with Gasteiger partial charge in [-0.2, -0.15) is 4.98 Å². The van der Waals surface area contributed by atoms with Gasteiger partial charge in [-0.3, -0.25) is 4.79 Å². The third-order valence-electron chi connectivity index (χ3n) is 6.00. The van der Waals surface area contributed by atoms with Crippen molar-refractivity contribution in [2.24, 2.45) is 0 Å². The number of rotatable bonds is 7. The highest BCUT2D eigenvalue weighted by atomic mass is 16.1. The molecule has 1 aliphatic carbocycles. The maximum atomic E-state index is 11.4. The summed E-state index contributed by atoms with van der Waals surface area (Å²) in [5.41, 5.74) is 3.03. The van der Waals surface area contributed by atoms with E-state index in [4.69, 9.17) is 4.98 Å². The van der Waals surface area contributed by atoms with Crippen LogP contribution in [-0.2, 0) is 4.79 Å². The second-order valence-electron chi connectivity index (χ2n) is 8.53. The van der Waals surface area contributed by atoms with Crippen LogP contribution < -0.4 is 15.5 Å². The number of piperazine rings is 1. The molecule has 0 radical (unpaired) electrons. The highest BCUT2D eigenvalue weighted by Gasteiger charge is 2.17. The smallest absolute Gasteiger partial charge is 0.229 e. The van der Waals surface area contributed by atoms with Crippen LogP contribution >= 0.6 is 0 Å². The molecule has 1 saturated carbocycles. The molecule has 1 saturated heterocycles. The fourth-order valence-corrected chi connectivity index (χ4v) is 4.11. The van der Waals surface area contributed by atoms with E-state index in [2.05, 4.69) is 56.7 Å². The predicted molar refractivity (Wildman–Crippen MR) is 127 cm³/mol. The van der Waals surface area contributed by atoms with E-state index in [1.807, 2.05) is 0 Å². The largest absolute Gasteiger partial charge is 0.369 e. The van der Waals surface area contributed by atoms with E-state index in [-0.39, 0.29) is 5.78 Å². The van der Waals surface area contributed by atoms with Crippen molar-refractivity contribution >= 4 is 35.0 Å². The van der Waals surface area contributed by atoms with Crippen molar-refractivity contribution in [1.82, 2.24) is 14.9 Å². The first-order valence-electron chi connectivity index (χ1n) is 11.2. The maximum Gasteiger partial charge on any atom is 0.229 e. The van der Waals surface area contributed by atoms with Crippen molar-refractivity contribution in [1.29, 1.82) is 0 Å². The quantitative estimate of drug-likeness (QED) is 0.658. The molecule has 0 unspecified atom stereocenters. The van der Waals surface area contributed by atoms with E-state index in [1.54, 1.807) is 25.3 Å². The number of allylic oxidation sites excluding steroid dienone is 1. The van der Waals surface area contributed by atoms with Crippen LogP contribution in [0.4, 0.5) is 23.1 Å². The second kappa shape index (κ2) is 9.92. The highest BCUT2D eigenvalue weighted by Crippen LogP contribution is 2.26. The van der Waals surface area contributed by atoms with Gasteiger partial charge in [0, 0.05) is 55.4 Å². The summed E-state index contributed by atoms with van der Waals surface area (Å²) < 4.78 is 0. The Labute approximate surface area is 184 Å². The number of nitrogens with one attached hydrogen (secondary N) is 2. The number of ketones is 1. The van der Waals surface area contributed by atoms with Gasteiger partial charge in [0.15, 0.2) is 5.78 Å². The summed E-state index contributed by atoms with van der Waals surface area (Å²) in [4.78, 5) is 25.3. The number of nitrogens with zero attached hydrogens (tertiary/aromatic N) is 4. The first kappa shape index (κ1) is 21.3. The lowest BCUT2D eigenvalue weighted by molar-refractivity contribution is -0.112. The van der Waals surface area contributed by atoms with Gasteiger partial charge < -0.3 is 20.4 Å². The fourth-order valence-electron chi connectivity index (χ4n) is 4.11. The van der Waals surface area contributed by atoms with Gasteiger partial charge in [-0.25, -0.2) is 4.98 Å². The molecule has 1 aromatic heterocycles. The first-order valence-corrected chi connectivity index (χ1v) is 11.2. The fraction of sp³-hybridized carbons (Fsp3) is 0.458. The Morgan fingerprint density at radius 3 is 2.48 bits per heavy atom. The number of benzene rings is 1. The summed E-state index contributed by atoms with van der Waals surface area (Å²) in [6.45, 7) is 5.84. The summed E-state index contributed by atoms with van der Waals surface area (Å²) in [6, 6.07) is 8.87. The molecule has 1 aliphatic heterocycles. The number of anilines is 4. The molecule has 0 amide bonds. The summed E-state index contributed by atoms with van der Waals surface area (Å²) in [5.74, 6) is 1.33. The van der Waals surface area contributed by atoms with Crippen LogP contribution in [0.3, 0.4) is 0 Å². The minimum Gasteiger partial charge on any atom is -0.369 e. The van der Waals surface area contributed by atoms with E-state index in [0.29, 0.717) is 12.0 Å². The average Bonchev–Trinajstić information content (AvgIpc) is 3.27. The zero-order valence-electron chi connectivity index (χ0n) is 18.5. The van der Waals surface area contributed by atoms with Crippen molar-refractivity contribution in [3.8, 4) is 0 Å². The molecule has 2 aromatic rings. The SMILES string of the molecule is CC(=O)C=Cc1cnc(Nc2ccc(N3CCN(C)CC3)cc2)nc1NC1CCCC1. The molecule has 164 valence electrons. The van der Waals surface area contributed by atoms with Gasteiger partial charge in [-0.05, 0) is 63.2 Å². The molecular weight excluding hydrogens is 388 g/mol. The van der Waals surface area contributed by atoms with Crippen molar-refractivity contribution < 1.29 is 4.79 Å². The molecule has 2 aliphatic rings. The molecule has 0 atom stereocenters. The van der Waals surface area contributed by atoms with Crippen LogP contribution in [-0.4, -0.2) is 59.9 Å². The third kappa shape index (κ3) is 5.82. The van der Waals surface area contributed by atoms with Crippen molar-refractivity contribution in [3.63, 3.8) is 0 Å². The summed E-state index contributed by atoms with van der Waals surface area (Å²) >= 11 is 0. The zero-order chi connectivity index (χ0) is 21.6. The monoisotopic (exact) mass is 420 g/mol. The number of hydrogen-bond acceptors (Lipinski definition) is 7. The molecule has 7 nitrogen and oxygen atoms in total. The van der Waals surface area contributed by atoms with Gasteiger partial charge in [-0.1, -0.05) is 12.8 Å². The topological polar surface area (TPSA) is 73.4 Å². The second-order valence-corrected chi connectivity index (χ2v) is 8.53. The first-order chi connectivity index (χ1) is 15.1. The van der Waals surface area contributed by atoms with Crippen LogP contribution in [0.1, 0.15) is 38.2 Å². The minimum absolute atomic E-state index is 0.00876. The van der Waals surface area contributed by atoms with Crippen molar-refractivity contribution in [2.75, 3.05) is 48.8 Å². The van der Waals surface area contributed by atoms with Gasteiger partial charge in [0.25, 0.3) is 0 Å². The standard InChI is InChI=1S/C24H32N6O/c1-18(31)7-8-19-17-25-24(28-23(19)26-20-5-3-4-6-20)27-21-9-11-22(12-10-21)30-15-13-29(2)14-16-30/h7-12,17,20H,3-6,13-16H2,1-2H3,(H2,25,26,27,28). The van der Waals surface area contributed by atoms with Crippen LogP contribution in [0.5, 0.6) is 0 Å². The van der Waals surface area contributed by atoms with Gasteiger partial charge in [0.05, 0.1) is 0 Å². The molecule has 4 rings (SSSR count). The Hall–Kier alpha value is -2.93. The number of aromatic nitrogens is 2. The molecule has 31 heavy (non-hydrogen) atoms. The van der Waals surface area contributed by atoms with Gasteiger partial charge >= 0.3 is 0 Å². The third-order valence-corrected chi connectivity index (χ3v) is 6.00. The maximum absolute atomic E-state index is 11.4. The average molecular weight is 421 g/mol. The van der Waals surface area contributed by atoms with Gasteiger partial charge in [-0.15, -0.1) is 0 Å². The molecular formula is C24H32N6O. The molecule has 2 heterocycles. The number of carbonyl (C=O) groups excluding carboxylic acids is 1. The lowest BCUT2D eigenvalue weighted by Gasteiger charge is -2.34. The highest BCUT2D eigenvalue weighted by molar-refractivity contribution is 5.92. The van der Waals surface area contributed by atoms with E-state index in [9.17, 15) is 4.79 Å². The molecule has 7 heteroatoms. The Morgan fingerprint density at radius 1 is 1.10 bits per heavy atom. The van der Waals surface area contributed by atoms with Crippen molar-refractivity contribution in [2.45, 2.75) is 38.6 Å². The predicted octanol–water partition coefficient (Wildman–Crippen LogP) is 3.93. The van der Waals surface area contributed by atoms with E-state index in [0.717, 1.165) is 56.1 Å². The van der Waals surface area contributed by atoms with Gasteiger partial charge in [0.2, 0.25) is 5.95 Å². The lowest BCUT2D eigenvalue weighted by Crippen LogP contribution is -2.44. The van der Waals surface area contributed by atoms with Crippen LogP contribution in [0, 0.1) is 0 Å². The lowest BCUT2D eigenvalue weighted by atomic mass is 10.2. The van der Waals surface area contributed by atoms with Gasteiger partial charge in [0.1, 0.15) is 5.82 Å². The zero-order valence-corrected chi connectivity index (χ0v) is 18.5. The van der Waals surface area contributed by atoms with E-state index in [1.165, 1.54) is 18.5 Å². The van der Waals surface area contributed by atoms with Crippen molar-refractivity contribution in [3.05, 3.63) is 42.1 Å². The molecule has 2 fully saturated rings. The van der Waals surface area contributed by atoms with E-state index < -0.39 is 0 Å². The van der Waals surface area contributed by atoms with E-state index >= 15 is 0 Å². The Bertz CT molecular complexity index is 912. The number of hydrogen-bond donors (Lipinski definition) is 2. The molecule has 2 N–H and O–H groups in total. The summed E-state index contributed by atoms with van der Waals surface area (Å²) in [7, 11) is 2.17. The van der Waals surface area contributed by atoms with Crippen LogP contribution in [0.15, 0.2) is 36.5 Å². The number of carbonyl (C=O) groups is 1. The Morgan fingerprint density at radius 2 is 1.81 bits per heavy atom. The number of likely N-dealkylation sites (N-methyl/N-ethyl adjacent to an activating group) is 1. The van der Waals surface area contributed by atoms with Crippen LogP contribution in [0.2, 0.25) is 0 Å². The Kier molecular flexibility index (Phi) is 6.82. The minimum atomic E-state index is 0.00876. The molecule has 1 aromatic carbocycles. The summed E-state index contributed by atoms with van der Waals surface area (Å²) in [5, 5.41) is 6.87. The molecule has 0 spiro atoms. The summed E-state index contributed by atoms with van der Waals surface area (Å²) in [6.07, 6.45) is 9.90. The van der Waals surface area contributed by atoms with Crippen LogP contribution in [0.25, 0.3) is 6.08 Å². The normalized spacial score (nSPS) is 17.9. The molecule has 0 bridgehead atoms.